The van der Waals surface area contributed by atoms with Gasteiger partial charge < -0.3 is 0 Å². The van der Waals surface area contributed by atoms with E-state index in [9.17, 15) is 0 Å². The van der Waals surface area contributed by atoms with Crippen molar-refractivity contribution in [3.63, 3.8) is 0 Å². The van der Waals surface area contributed by atoms with Gasteiger partial charge in [0.05, 0.1) is 11.4 Å². The van der Waals surface area contributed by atoms with Crippen LogP contribution in [0, 0.1) is 6.92 Å². The number of hydrogen-bond acceptors (Lipinski definition) is 4. The Morgan fingerprint density at radius 3 is 2.77 bits per heavy atom. The van der Waals surface area contributed by atoms with E-state index in [1.807, 2.05) is 20.2 Å². The summed E-state index contributed by atoms with van der Waals surface area (Å²) in [4.78, 5) is 11.6. The van der Waals surface area contributed by atoms with Crippen LogP contribution in [-0.4, -0.2) is 31.2 Å². The lowest BCUT2D eigenvalue weighted by atomic mass is 10.1. The molecule has 6 heteroatoms. The van der Waals surface area contributed by atoms with Crippen molar-refractivity contribution in [3.05, 3.63) is 39.7 Å². The van der Waals surface area contributed by atoms with Gasteiger partial charge in [-0.15, -0.1) is 0 Å². The van der Waals surface area contributed by atoms with Gasteiger partial charge >= 0.3 is 0 Å². The van der Waals surface area contributed by atoms with E-state index >= 15 is 0 Å². The number of rotatable bonds is 3. The molecule has 0 aliphatic carbocycles. The molecule has 0 saturated carbocycles. The van der Waals surface area contributed by atoms with Gasteiger partial charge in [-0.05, 0) is 18.9 Å². The minimum absolute atomic E-state index is 0.357. The molecule has 0 unspecified atom stereocenters. The zero-order chi connectivity index (χ0) is 15.9. The van der Waals surface area contributed by atoms with Gasteiger partial charge in [-0.2, -0.15) is 5.10 Å². The van der Waals surface area contributed by atoms with Crippen LogP contribution in [0.1, 0.15) is 48.1 Å². The van der Waals surface area contributed by atoms with E-state index in [-0.39, 0.29) is 0 Å². The molecule has 3 heterocycles. The molecule has 0 bridgehead atoms. The van der Waals surface area contributed by atoms with Crippen molar-refractivity contribution in [2.45, 2.75) is 46.2 Å². The smallest absolute Gasteiger partial charge is 0.131 e. The third kappa shape index (κ3) is 2.88. The molecule has 0 aromatic carbocycles. The van der Waals surface area contributed by atoms with Crippen LogP contribution < -0.4 is 0 Å². The van der Waals surface area contributed by atoms with Crippen molar-refractivity contribution in [1.29, 1.82) is 0 Å². The highest BCUT2D eigenvalue weighted by Crippen LogP contribution is 2.24. The summed E-state index contributed by atoms with van der Waals surface area (Å²) in [5.74, 6) is 1.28. The highest BCUT2D eigenvalue weighted by Gasteiger charge is 2.22. The van der Waals surface area contributed by atoms with E-state index in [1.165, 1.54) is 5.56 Å². The van der Waals surface area contributed by atoms with Crippen LogP contribution in [0.25, 0.3) is 0 Å². The molecule has 0 saturated heterocycles. The van der Waals surface area contributed by atoms with E-state index in [0.717, 1.165) is 54.0 Å². The van der Waals surface area contributed by atoms with Crippen LogP contribution in [0.15, 0.2) is 6.20 Å². The first-order valence-corrected chi connectivity index (χ1v) is 8.08. The first-order chi connectivity index (χ1) is 10.5. The van der Waals surface area contributed by atoms with Crippen LogP contribution in [-0.2, 0) is 26.6 Å². The summed E-state index contributed by atoms with van der Waals surface area (Å²) >= 11 is 6.35. The number of halogens is 1. The third-order valence-electron chi connectivity index (χ3n) is 4.21. The molecular formula is C16H22ClN5. The molecule has 0 atom stereocenters. The zero-order valence-electron chi connectivity index (χ0n) is 13.6. The summed E-state index contributed by atoms with van der Waals surface area (Å²) in [6.45, 7) is 8.93. The first kappa shape index (κ1) is 15.4. The summed E-state index contributed by atoms with van der Waals surface area (Å²) in [5, 5.41) is 5.12. The fourth-order valence-corrected chi connectivity index (χ4v) is 3.10. The third-order valence-corrected chi connectivity index (χ3v) is 4.68. The first-order valence-electron chi connectivity index (χ1n) is 7.70. The van der Waals surface area contributed by atoms with Crippen molar-refractivity contribution in [2.24, 2.45) is 7.05 Å². The molecule has 0 spiro atoms. The maximum absolute atomic E-state index is 6.35. The van der Waals surface area contributed by atoms with Gasteiger partial charge in [-0.25, -0.2) is 9.97 Å². The summed E-state index contributed by atoms with van der Waals surface area (Å²) in [6, 6.07) is 0. The monoisotopic (exact) mass is 319 g/mol. The lowest BCUT2D eigenvalue weighted by Gasteiger charge is -2.28. The van der Waals surface area contributed by atoms with Gasteiger partial charge in [0.15, 0.2) is 0 Å². The summed E-state index contributed by atoms with van der Waals surface area (Å²) in [5.41, 5.74) is 4.55. The van der Waals surface area contributed by atoms with E-state index in [2.05, 4.69) is 28.8 Å². The van der Waals surface area contributed by atoms with Crippen molar-refractivity contribution in [3.8, 4) is 0 Å². The maximum Gasteiger partial charge on any atom is 0.131 e. The van der Waals surface area contributed by atoms with E-state index in [4.69, 9.17) is 16.6 Å². The van der Waals surface area contributed by atoms with Crippen LogP contribution in [0.2, 0.25) is 5.15 Å². The van der Waals surface area contributed by atoms with Crippen molar-refractivity contribution < 1.29 is 0 Å². The fourth-order valence-electron chi connectivity index (χ4n) is 2.86. The fraction of sp³-hybridized carbons (Fsp3) is 0.562. The van der Waals surface area contributed by atoms with Crippen LogP contribution in [0.4, 0.5) is 0 Å². The van der Waals surface area contributed by atoms with E-state index in [1.54, 1.807) is 4.68 Å². The maximum atomic E-state index is 6.35. The number of fused-ring (bicyclic) bond motifs is 1. The summed E-state index contributed by atoms with van der Waals surface area (Å²) in [6.07, 6.45) is 2.99. The molecule has 3 rings (SSSR count). The number of hydrogen-bond donors (Lipinski definition) is 0. The normalized spacial score (nSPS) is 15.4. The average molecular weight is 320 g/mol. The Morgan fingerprint density at radius 1 is 1.36 bits per heavy atom. The van der Waals surface area contributed by atoms with Gasteiger partial charge in [-0.1, -0.05) is 25.4 Å². The quantitative estimate of drug-likeness (QED) is 0.872. The molecule has 2 aromatic heterocycles. The Balaban J connectivity index is 1.80. The molecule has 118 valence electrons. The van der Waals surface area contributed by atoms with Crippen molar-refractivity contribution in [1.82, 2.24) is 24.6 Å². The minimum atomic E-state index is 0.357. The van der Waals surface area contributed by atoms with Gasteiger partial charge in [-0.3, -0.25) is 9.58 Å². The van der Waals surface area contributed by atoms with Crippen LogP contribution >= 0.6 is 11.6 Å². The second-order valence-electron chi connectivity index (χ2n) is 6.29. The van der Waals surface area contributed by atoms with Gasteiger partial charge in [0.1, 0.15) is 11.0 Å². The summed E-state index contributed by atoms with van der Waals surface area (Å²) < 4.78 is 1.74. The molecule has 2 aromatic rings. The second kappa shape index (κ2) is 5.97. The molecule has 5 nitrogen and oxygen atoms in total. The standard InChI is InChI=1S/C16H22ClN5/c1-10(2)16-18-7-12-5-6-22(9-14(12)19-16)8-13-11(3)20-21(4)15(13)17/h7,10H,5-6,8-9H2,1-4H3. The predicted octanol–water partition coefficient (Wildman–Crippen LogP) is 2.85. The number of nitrogens with zero attached hydrogens (tertiary/aromatic N) is 5. The second-order valence-corrected chi connectivity index (χ2v) is 6.65. The molecule has 22 heavy (non-hydrogen) atoms. The van der Waals surface area contributed by atoms with E-state index in [0.29, 0.717) is 5.92 Å². The van der Waals surface area contributed by atoms with E-state index < -0.39 is 0 Å². The zero-order valence-corrected chi connectivity index (χ0v) is 14.4. The Kier molecular flexibility index (Phi) is 4.19. The largest absolute Gasteiger partial charge is 0.293 e. The number of aryl methyl sites for hydroxylation is 2. The van der Waals surface area contributed by atoms with Crippen molar-refractivity contribution in [2.75, 3.05) is 6.54 Å². The highest BCUT2D eigenvalue weighted by atomic mass is 35.5. The summed E-state index contributed by atoms with van der Waals surface area (Å²) in [7, 11) is 1.88. The van der Waals surface area contributed by atoms with Gasteiger partial charge in [0.2, 0.25) is 0 Å². The highest BCUT2D eigenvalue weighted by molar-refractivity contribution is 6.30. The molecule has 1 aliphatic heterocycles. The molecular weight excluding hydrogens is 298 g/mol. The lowest BCUT2D eigenvalue weighted by molar-refractivity contribution is 0.240. The lowest BCUT2D eigenvalue weighted by Crippen LogP contribution is -2.31. The average Bonchev–Trinajstić information content (AvgIpc) is 2.73. The van der Waals surface area contributed by atoms with Crippen LogP contribution in [0.3, 0.4) is 0 Å². The van der Waals surface area contributed by atoms with Gasteiger partial charge in [0, 0.05) is 44.4 Å². The topological polar surface area (TPSA) is 46.8 Å². The molecule has 0 fully saturated rings. The Bertz CT molecular complexity index is 692. The van der Waals surface area contributed by atoms with Crippen molar-refractivity contribution >= 4 is 11.6 Å². The predicted molar refractivity (Wildman–Crippen MR) is 86.9 cm³/mol. The molecule has 0 radical (unpaired) electrons. The van der Waals surface area contributed by atoms with Gasteiger partial charge in [0.25, 0.3) is 0 Å². The van der Waals surface area contributed by atoms with Crippen LogP contribution in [0.5, 0.6) is 0 Å². The molecule has 0 N–H and O–H groups in total. The molecule has 0 amide bonds. The molecule has 1 aliphatic rings. The Morgan fingerprint density at radius 2 is 2.14 bits per heavy atom. The Hall–Kier alpha value is -1.46. The Labute approximate surface area is 136 Å². The number of aromatic nitrogens is 4. The minimum Gasteiger partial charge on any atom is -0.293 e. The SMILES string of the molecule is Cc1nn(C)c(Cl)c1CN1CCc2cnc(C(C)C)nc2C1.